The van der Waals surface area contributed by atoms with Crippen LogP contribution in [-0.2, 0) is 11.3 Å². The second kappa shape index (κ2) is 5.27. The Hall–Kier alpha value is -1.14. The molecule has 0 unspecified atom stereocenters. The highest BCUT2D eigenvalue weighted by Crippen LogP contribution is 2.12. The Morgan fingerprint density at radius 1 is 1.12 bits per heavy atom. The lowest BCUT2D eigenvalue weighted by atomic mass is 10.2. The van der Waals surface area contributed by atoms with Gasteiger partial charge in [0, 0.05) is 19.6 Å². The van der Waals surface area contributed by atoms with Gasteiger partial charge in [-0.25, -0.2) is 16.8 Å². The lowest BCUT2D eigenvalue weighted by Gasteiger charge is -2.26. The monoisotopic (exact) mass is 222 g/mol. The third-order valence-electron chi connectivity index (χ3n) is 2.74. The van der Waals surface area contributed by atoms with Gasteiger partial charge < -0.3 is 4.74 Å². The van der Waals surface area contributed by atoms with E-state index in [0.29, 0.717) is 0 Å². The Bertz CT molecular complexity index is 319. The molecule has 0 atom stereocenters. The summed E-state index contributed by atoms with van der Waals surface area (Å²) in [4.78, 5) is 2.38. The van der Waals surface area contributed by atoms with Crippen molar-refractivity contribution in [1.82, 2.24) is 4.90 Å². The van der Waals surface area contributed by atoms with Gasteiger partial charge in [0.05, 0.1) is 18.9 Å². The summed E-state index contributed by atoms with van der Waals surface area (Å²) >= 11 is 0. The van der Waals surface area contributed by atoms with Crippen molar-refractivity contribution in [2.45, 2.75) is 6.54 Å². The van der Waals surface area contributed by atoms with Crippen LogP contribution >= 0.6 is 0 Å². The fourth-order valence-corrected chi connectivity index (χ4v) is 1.79. The molecule has 0 aliphatic carbocycles. The van der Waals surface area contributed by atoms with Crippen molar-refractivity contribution < 1.29 is 4.74 Å². The van der Waals surface area contributed by atoms with Gasteiger partial charge in [-0.2, -0.15) is 0 Å². The van der Waals surface area contributed by atoms with Gasteiger partial charge in [-0.3, -0.25) is 4.90 Å². The molecule has 1 aromatic carbocycles. The molecule has 2 rings (SSSR count). The minimum Gasteiger partial charge on any atom is -0.379 e. The maximum absolute atomic E-state index is 5.43. The van der Waals surface area contributed by atoms with Crippen LogP contribution in [-0.4, -0.2) is 31.2 Å². The van der Waals surface area contributed by atoms with Gasteiger partial charge in [-0.05, 0) is 17.7 Å². The van der Waals surface area contributed by atoms with E-state index in [0.717, 1.165) is 43.7 Å². The quantitative estimate of drug-likeness (QED) is 0.559. The van der Waals surface area contributed by atoms with Gasteiger partial charge in [-0.15, -0.1) is 0 Å². The van der Waals surface area contributed by atoms with Crippen LogP contribution in [0, 0.1) is 0 Å². The molecule has 1 aromatic rings. The topological polar surface area (TPSA) is 67.8 Å². The Labute approximate surface area is 95.5 Å². The molecule has 1 fully saturated rings. The highest BCUT2D eigenvalue weighted by molar-refractivity contribution is 5.44. The molecule has 1 aliphatic rings. The Morgan fingerprint density at radius 2 is 1.75 bits per heavy atom. The summed E-state index contributed by atoms with van der Waals surface area (Å²) in [5.41, 5.74) is 2.08. The molecule has 16 heavy (non-hydrogen) atoms. The molecule has 1 aliphatic heterocycles. The molecular weight excluding hydrogens is 204 g/mol. The smallest absolute Gasteiger partial charge is 0.0697 e. The van der Waals surface area contributed by atoms with Gasteiger partial charge in [-0.1, -0.05) is 12.1 Å². The predicted molar refractivity (Wildman–Crippen MR) is 63.4 cm³/mol. The number of rotatable bonds is 3. The zero-order chi connectivity index (χ0) is 11.4. The number of nitrogens with zero attached hydrogens (tertiary/aromatic N) is 2. The summed E-state index contributed by atoms with van der Waals surface area (Å²) in [6.07, 6.45) is 0. The minimum atomic E-state index is 0.811. The molecule has 0 bridgehead atoms. The third-order valence-corrected chi connectivity index (χ3v) is 2.74. The maximum Gasteiger partial charge on any atom is 0.0697 e. The minimum absolute atomic E-state index is 0.811. The van der Waals surface area contributed by atoms with Crippen LogP contribution in [0.25, 0.3) is 0 Å². The van der Waals surface area contributed by atoms with E-state index in [2.05, 4.69) is 17.0 Å². The van der Waals surface area contributed by atoms with Crippen molar-refractivity contribution in [1.29, 1.82) is 0 Å². The van der Waals surface area contributed by atoms with E-state index in [4.69, 9.17) is 16.4 Å². The van der Waals surface area contributed by atoms with Crippen molar-refractivity contribution >= 4 is 5.69 Å². The first kappa shape index (κ1) is 11.3. The summed E-state index contributed by atoms with van der Waals surface area (Å²) in [5.74, 6) is 10.9. The van der Waals surface area contributed by atoms with Crippen LogP contribution in [0.2, 0.25) is 0 Å². The molecule has 0 saturated carbocycles. The van der Waals surface area contributed by atoms with Crippen LogP contribution < -0.4 is 16.8 Å². The molecule has 0 spiro atoms. The summed E-state index contributed by atoms with van der Waals surface area (Å²) in [5, 5.41) is 1.12. The van der Waals surface area contributed by atoms with Crippen LogP contribution in [0.3, 0.4) is 0 Å². The first-order valence-corrected chi connectivity index (χ1v) is 5.44. The van der Waals surface area contributed by atoms with Gasteiger partial charge in [0.2, 0.25) is 0 Å². The van der Waals surface area contributed by atoms with Crippen molar-refractivity contribution in [3.05, 3.63) is 29.8 Å². The zero-order valence-electron chi connectivity index (χ0n) is 9.30. The fraction of sp³-hybridized carbons (Fsp3) is 0.455. The highest BCUT2D eigenvalue weighted by Gasteiger charge is 2.10. The molecule has 5 nitrogen and oxygen atoms in total. The van der Waals surface area contributed by atoms with Crippen LogP contribution in [0.4, 0.5) is 5.69 Å². The lowest BCUT2D eigenvalue weighted by molar-refractivity contribution is 0.0342. The summed E-state index contributed by atoms with van der Waals surface area (Å²) in [6.45, 7) is 4.62. The SMILES string of the molecule is NN(N)c1ccc(CN2CCOCC2)cc1. The molecule has 0 aromatic heterocycles. The number of anilines is 1. The first-order valence-electron chi connectivity index (χ1n) is 5.44. The van der Waals surface area contributed by atoms with E-state index in [-0.39, 0.29) is 0 Å². The van der Waals surface area contributed by atoms with E-state index in [1.54, 1.807) is 0 Å². The van der Waals surface area contributed by atoms with Gasteiger partial charge in [0.25, 0.3) is 0 Å². The average molecular weight is 222 g/mol. The Balaban J connectivity index is 1.93. The number of hydrogen-bond acceptors (Lipinski definition) is 5. The Kier molecular flexibility index (Phi) is 3.74. The number of hydrogen-bond donors (Lipinski definition) is 2. The second-order valence-corrected chi connectivity index (χ2v) is 3.96. The predicted octanol–water partition coefficient (Wildman–Crippen LogP) is 0.0726. The molecule has 1 saturated heterocycles. The van der Waals surface area contributed by atoms with Crippen molar-refractivity contribution in [3.63, 3.8) is 0 Å². The number of benzene rings is 1. The number of ether oxygens (including phenoxy) is 1. The van der Waals surface area contributed by atoms with Gasteiger partial charge in [0.1, 0.15) is 0 Å². The number of nitrogens with two attached hydrogens (primary N) is 2. The first-order chi connectivity index (χ1) is 7.75. The molecule has 0 amide bonds. The van der Waals surface area contributed by atoms with E-state index in [9.17, 15) is 0 Å². The van der Waals surface area contributed by atoms with Crippen molar-refractivity contribution in [2.24, 2.45) is 11.7 Å². The zero-order valence-corrected chi connectivity index (χ0v) is 9.30. The lowest BCUT2D eigenvalue weighted by Crippen LogP contribution is -2.37. The Morgan fingerprint density at radius 3 is 2.31 bits per heavy atom. The van der Waals surface area contributed by atoms with E-state index < -0.39 is 0 Å². The number of hydrazine groups is 2. The molecule has 4 N–H and O–H groups in total. The fourth-order valence-electron chi connectivity index (χ4n) is 1.79. The largest absolute Gasteiger partial charge is 0.379 e. The van der Waals surface area contributed by atoms with E-state index >= 15 is 0 Å². The third kappa shape index (κ3) is 2.93. The molecule has 0 radical (unpaired) electrons. The van der Waals surface area contributed by atoms with E-state index in [1.165, 1.54) is 5.56 Å². The summed E-state index contributed by atoms with van der Waals surface area (Å²) in [6, 6.07) is 7.96. The van der Waals surface area contributed by atoms with Crippen LogP contribution in [0.1, 0.15) is 5.56 Å². The highest BCUT2D eigenvalue weighted by atomic mass is 16.5. The summed E-state index contributed by atoms with van der Waals surface area (Å²) in [7, 11) is 0. The van der Waals surface area contributed by atoms with Gasteiger partial charge >= 0.3 is 0 Å². The van der Waals surface area contributed by atoms with Gasteiger partial charge in [0.15, 0.2) is 0 Å². The normalized spacial score (nSPS) is 17.4. The molecular formula is C11H18N4O. The number of morpholine rings is 1. The van der Waals surface area contributed by atoms with Crippen LogP contribution in [0.15, 0.2) is 24.3 Å². The molecule has 1 heterocycles. The molecule has 88 valence electrons. The second-order valence-electron chi connectivity index (χ2n) is 3.96. The van der Waals surface area contributed by atoms with Crippen LogP contribution in [0.5, 0.6) is 0 Å². The van der Waals surface area contributed by atoms with Crippen molar-refractivity contribution in [3.8, 4) is 0 Å². The van der Waals surface area contributed by atoms with E-state index in [1.807, 2.05) is 12.1 Å². The van der Waals surface area contributed by atoms with Crippen molar-refractivity contribution in [2.75, 3.05) is 31.4 Å². The maximum atomic E-state index is 5.43. The summed E-state index contributed by atoms with van der Waals surface area (Å²) < 4.78 is 5.31. The molecule has 5 heteroatoms. The standard InChI is InChI=1S/C11H18N4O/c12-15(13)11-3-1-10(2-4-11)9-14-5-7-16-8-6-14/h1-4H,5-9,12-13H2. The average Bonchev–Trinajstić information content (AvgIpc) is 2.31.